The molecule has 0 aliphatic carbocycles. The lowest BCUT2D eigenvalue weighted by atomic mass is 9.72. The fraction of sp³-hybridized carbons (Fsp3) is 0.522. The van der Waals surface area contributed by atoms with Crippen molar-refractivity contribution in [1.29, 1.82) is 0 Å². The number of piperidine rings is 2. The normalized spacial score (nSPS) is 19.5. The third-order valence-electron chi connectivity index (χ3n) is 6.39. The van der Waals surface area contributed by atoms with Crippen molar-refractivity contribution in [1.82, 2.24) is 19.8 Å². The highest BCUT2D eigenvalue weighted by molar-refractivity contribution is 5.77. The Labute approximate surface area is 172 Å². The fourth-order valence-corrected chi connectivity index (χ4v) is 4.57. The van der Waals surface area contributed by atoms with Crippen LogP contribution in [-0.4, -0.2) is 52.4 Å². The van der Waals surface area contributed by atoms with Gasteiger partial charge in [0, 0.05) is 25.7 Å². The van der Waals surface area contributed by atoms with Gasteiger partial charge < -0.3 is 9.64 Å². The van der Waals surface area contributed by atoms with Gasteiger partial charge in [-0.25, -0.2) is 0 Å². The Morgan fingerprint density at radius 3 is 2.66 bits per heavy atom. The van der Waals surface area contributed by atoms with E-state index in [2.05, 4.69) is 33.1 Å². The highest BCUT2D eigenvalue weighted by atomic mass is 16.5. The van der Waals surface area contributed by atoms with E-state index in [1.54, 1.807) is 19.5 Å². The molecular formula is C23H30N4O2. The van der Waals surface area contributed by atoms with Crippen LogP contribution in [0.15, 0.2) is 36.7 Å². The Balaban J connectivity index is 1.35. The molecule has 1 aromatic carbocycles. The second-order valence-corrected chi connectivity index (χ2v) is 8.53. The standard InChI is InChI=1S/C23H30N4O2/c1-18-13-25-20(14-24-18)16-27-17-23(7-6-22(27)28)8-10-26(11-9-23)15-19-4-3-5-21(12-19)29-2/h3-5,12-14H,6-11,15-17H2,1-2H3. The van der Waals surface area contributed by atoms with Crippen molar-refractivity contribution in [3.63, 3.8) is 0 Å². The third-order valence-corrected chi connectivity index (χ3v) is 6.39. The van der Waals surface area contributed by atoms with Crippen LogP contribution in [0.1, 0.15) is 42.6 Å². The van der Waals surface area contributed by atoms with Crippen molar-refractivity contribution in [3.8, 4) is 5.75 Å². The molecule has 2 aliphatic rings. The number of methoxy groups -OCH3 is 1. The molecule has 4 rings (SSSR count). The summed E-state index contributed by atoms with van der Waals surface area (Å²) >= 11 is 0. The average molecular weight is 395 g/mol. The molecule has 3 heterocycles. The number of carbonyl (C=O) groups is 1. The summed E-state index contributed by atoms with van der Waals surface area (Å²) in [5, 5.41) is 0. The average Bonchev–Trinajstić information content (AvgIpc) is 2.74. The second-order valence-electron chi connectivity index (χ2n) is 8.53. The van der Waals surface area contributed by atoms with Crippen LogP contribution >= 0.6 is 0 Å². The molecule has 0 N–H and O–H groups in total. The maximum absolute atomic E-state index is 12.5. The van der Waals surface area contributed by atoms with Gasteiger partial charge in [-0.3, -0.25) is 19.7 Å². The minimum absolute atomic E-state index is 0.247. The lowest BCUT2D eigenvalue weighted by Crippen LogP contribution is -2.51. The highest BCUT2D eigenvalue weighted by Gasteiger charge is 2.40. The highest BCUT2D eigenvalue weighted by Crippen LogP contribution is 2.40. The Morgan fingerprint density at radius 1 is 1.10 bits per heavy atom. The fourth-order valence-electron chi connectivity index (χ4n) is 4.57. The summed E-state index contributed by atoms with van der Waals surface area (Å²) in [7, 11) is 1.71. The molecular weight excluding hydrogens is 364 g/mol. The number of hydrogen-bond donors (Lipinski definition) is 0. The first-order valence-corrected chi connectivity index (χ1v) is 10.5. The molecule has 29 heavy (non-hydrogen) atoms. The van der Waals surface area contributed by atoms with Gasteiger partial charge in [-0.1, -0.05) is 12.1 Å². The van der Waals surface area contributed by atoms with E-state index in [-0.39, 0.29) is 11.3 Å². The number of benzene rings is 1. The zero-order valence-corrected chi connectivity index (χ0v) is 17.4. The van der Waals surface area contributed by atoms with Crippen LogP contribution in [0.25, 0.3) is 0 Å². The minimum atomic E-state index is 0.247. The molecule has 0 unspecified atom stereocenters. The third kappa shape index (κ3) is 4.75. The molecule has 6 nitrogen and oxygen atoms in total. The molecule has 2 saturated heterocycles. The monoisotopic (exact) mass is 394 g/mol. The van der Waals surface area contributed by atoms with Crippen molar-refractivity contribution >= 4 is 5.91 Å². The SMILES string of the molecule is COc1cccc(CN2CCC3(CCC(=O)N(Cc4cnc(C)cn4)C3)CC2)c1. The van der Waals surface area contributed by atoms with E-state index < -0.39 is 0 Å². The number of aromatic nitrogens is 2. The van der Waals surface area contributed by atoms with E-state index in [0.717, 1.165) is 62.6 Å². The Morgan fingerprint density at radius 2 is 1.93 bits per heavy atom. The smallest absolute Gasteiger partial charge is 0.222 e. The van der Waals surface area contributed by atoms with Gasteiger partial charge in [0.05, 0.1) is 31.2 Å². The topological polar surface area (TPSA) is 58.6 Å². The first-order chi connectivity index (χ1) is 14.0. The lowest BCUT2D eigenvalue weighted by Gasteiger charge is -2.47. The summed E-state index contributed by atoms with van der Waals surface area (Å²) in [4.78, 5) is 25.8. The minimum Gasteiger partial charge on any atom is -0.497 e. The molecule has 0 atom stereocenters. The summed E-state index contributed by atoms with van der Waals surface area (Å²) in [6, 6.07) is 8.32. The Kier molecular flexibility index (Phi) is 5.81. The molecule has 154 valence electrons. The maximum atomic E-state index is 12.5. The molecule has 2 aromatic rings. The van der Waals surface area contributed by atoms with E-state index in [9.17, 15) is 4.79 Å². The van der Waals surface area contributed by atoms with Crippen molar-refractivity contribution in [3.05, 3.63) is 53.6 Å². The molecule has 1 aromatic heterocycles. The quantitative estimate of drug-likeness (QED) is 0.779. The first-order valence-electron chi connectivity index (χ1n) is 10.5. The maximum Gasteiger partial charge on any atom is 0.222 e. The van der Waals surface area contributed by atoms with Crippen LogP contribution in [0.3, 0.4) is 0 Å². The van der Waals surface area contributed by atoms with Crippen molar-refractivity contribution < 1.29 is 9.53 Å². The van der Waals surface area contributed by atoms with Crippen LogP contribution in [0.4, 0.5) is 0 Å². The second kappa shape index (κ2) is 8.49. The van der Waals surface area contributed by atoms with Crippen molar-refractivity contribution in [2.24, 2.45) is 5.41 Å². The number of amides is 1. The van der Waals surface area contributed by atoms with Crippen LogP contribution in [0, 0.1) is 12.3 Å². The molecule has 6 heteroatoms. The summed E-state index contributed by atoms with van der Waals surface area (Å²) in [6.45, 7) is 6.44. The van der Waals surface area contributed by atoms with Crippen molar-refractivity contribution in [2.45, 2.75) is 45.7 Å². The predicted octanol–water partition coefficient (Wildman–Crippen LogP) is 3.20. The number of rotatable bonds is 5. The van der Waals surface area contributed by atoms with E-state index in [0.29, 0.717) is 13.0 Å². The zero-order valence-electron chi connectivity index (χ0n) is 17.4. The van der Waals surface area contributed by atoms with Gasteiger partial charge >= 0.3 is 0 Å². The molecule has 0 radical (unpaired) electrons. The van der Waals surface area contributed by atoms with E-state index in [4.69, 9.17) is 4.74 Å². The van der Waals surface area contributed by atoms with Gasteiger partial charge in [-0.15, -0.1) is 0 Å². The molecule has 2 fully saturated rings. The number of hydrogen-bond acceptors (Lipinski definition) is 5. The van der Waals surface area contributed by atoms with Gasteiger partial charge in [0.15, 0.2) is 0 Å². The largest absolute Gasteiger partial charge is 0.497 e. The van der Waals surface area contributed by atoms with Gasteiger partial charge in [-0.05, 0) is 62.4 Å². The van der Waals surface area contributed by atoms with Crippen LogP contribution < -0.4 is 4.74 Å². The van der Waals surface area contributed by atoms with E-state index in [1.165, 1.54) is 5.56 Å². The first kappa shape index (κ1) is 19.8. The molecule has 0 saturated carbocycles. The van der Waals surface area contributed by atoms with Gasteiger partial charge in [-0.2, -0.15) is 0 Å². The Bertz CT molecular complexity index is 844. The number of ether oxygens (including phenoxy) is 1. The lowest BCUT2D eigenvalue weighted by molar-refractivity contribution is -0.140. The number of likely N-dealkylation sites (tertiary alicyclic amines) is 2. The summed E-state index contributed by atoms with van der Waals surface area (Å²) < 4.78 is 5.35. The van der Waals surface area contributed by atoms with E-state index >= 15 is 0 Å². The number of carbonyl (C=O) groups excluding carboxylic acids is 1. The molecule has 1 spiro atoms. The van der Waals surface area contributed by atoms with Gasteiger partial charge in [0.1, 0.15) is 5.75 Å². The zero-order chi connectivity index (χ0) is 20.3. The summed E-state index contributed by atoms with van der Waals surface area (Å²) in [5.41, 5.74) is 3.31. The van der Waals surface area contributed by atoms with E-state index in [1.807, 2.05) is 17.9 Å². The predicted molar refractivity (Wildman–Crippen MR) is 111 cm³/mol. The molecule has 2 aliphatic heterocycles. The summed E-state index contributed by atoms with van der Waals surface area (Å²) in [6.07, 6.45) is 7.50. The molecule has 1 amide bonds. The van der Waals surface area contributed by atoms with Crippen LogP contribution in [-0.2, 0) is 17.9 Å². The molecule has 0 bridgehead atoms. The van der Waals surface area contributed by atoms with Gasteiger partial charge in [0.25, 0.3) is 0 Å². The Hall–Kier alpha value is -2.47. The van der Waals surface area contributed by atoms with Crippen molar-refractivity contribution in [2.75, 3.05) is 26.7 Å². The summed E-state index contributed by atoms with van der Waals surface area (Å²) in [5.74, 6) is 1.16. The number of aryl methyl sites for hydroxylation is 1. The van der Waals surface area contributed by atoms with Crippen LogP contribution in [0.2, 0.25) is 0 Å². The number of nitrogens with zero attached hydrogens (tertiary/aromatic N) is 4. The van der Waals surface area contributed by atoms with Crippen LogP contribution in [0.5, 0.6) is 5.75 Å². The van der Waals surface area contributed by atoms with Gasteiger partial charge in [0.2, 0.25) is 5.91 Å².